The fourth-order valence-corrected chi connectivity index (χ4v) is 2.91. The minimum atomic E-state index is 0.526. The van der Waals surface area contributed by atoms with Crippen molar-refractivity contribution in [3.63, 3.8) is 0 Å². The molecule has 21 heavy (non-hydrogen) atoms. The zero-order valence-corrected chi connectivity index (χ0v) is 13.8. The lowest BCUT2D eigenvalue weighted by atomic mass is 9.98. The van der Waals surface area contributed by atoms with Crippen LogP contribution in [-0.4, -0.2) is 42.9 Å². The van der Waals surface area contributed by atoms with Crippen molar-refractivity contribution in [2.45, 2.75) is 51.2 Å². The number of hydrogen-bond donors (Lipinski definition) is 1. The van der Waals surface area contributed by atoms with E-state index in [4.69, 9.17) is 4.74 Å². The Morgan fingerprint density at radius 3 is 2.76 bits per heavy atom. The van der Waals surface area contributed by atoms with Crippen molar-refractivity contribution in [2.75, 3.05) is 32.1 Å². The van der Waals surface area contributed by atoms with E-state index in [-0.39, 0.29) is 0 Å². The highest BCUT2D eigenvalue weighted by Crippen LogP contribution is 2.20. The topological polar surface area (TPSA) is 42.3 Å². The van der Waals surface area contributed by atoms with Gasteiger partial charge in [0.05, 0.1) is 18.0 Å². The minimum absolute atomic E-state index is 0.526. The number of anilines is 1. The lowest BCUT2D eigenvalue weighted by Crippen LogP contribution is -2.21. The van der Waals surface area contributed by atoms with Crippen molar-refractivity contribution in [3.05, 3.63) is 11.9 Å². The van der Waals surface area contributed by atoms with Gasteiger partial charge in [0.15, 0.2) is 0 Å². The molecule has 2 rings (SSSR count). The average Bonchev–Trinajstić information content (AvgIpc) is 2.85. The summed E-state index contributed by atoms with van der Waals surface area (Å²) in [5.74, 6) is 0.993. The Morgan fingerprint density at radius 1 is 1.33 bits per heavy atom. The number of hydrogen-bond acceptors (Lipinski definition) is 4. The number of rotatable bonds is 8. The van der Waals surface area contributed by atoms with E-state index < -0.39 is 0 Å². The van der Waals surface area contributed by atoms with Gasteiger partial charge in [0.1, 0.15) is 0 Å². The van der Waals surface area contributed by atoms with Gasteiger partial charge in [0, 0.05) is 34.3 Å². The van der Waals surface area contributed by atoms with Crippen molar-refractivity contribution in [3.8, 4) is 0 Å². The first-order valence-electron chi connectivity index (χ1n) is 8.18. The highest BCUT2D eigenvalue weighted by atomic mass is 16.5. The number of ether oxygens (including phenoxy) is 1. The van der Waals surface area contributed by atoms with Gasteiger partial charge >= 0.3 is 0 Å². The molecule has 0 saturated heterocycles. The molecule has 0 amide bonds. The molecule has 1 aromatic heterocycles. The summed E-state index contributed by atoms with van der Waals surface area (Å²) in [6.45, 7) is 2.74. The van der Waals surface area contributed by atoms with Crippen LogP contribution in [0.4, 0.5) is 5.95 Å². The molecule has 0 unspecified atom stereocenters. The van der Waals surface area contributed by atoms with Crippen molar-refractivity contribution in [1.82, 2.24) is 14.9 Å². The molecule has 1 aromatic rings. The molecule has 1 aliphatic rings. The van der Waals surface area contributed by atoms with Crippen molar-refractivity contribution in [2.24, 2.45) is 7.05 Å². The molecule has 1 fully saturated rings. The summed E-state index contributed by atoms with van der Waals surface area (Å²) >= 11 is 0. The second-order valence-corrected chi connectivity index (χ2v) is 6.16. The third-order valence-corrected chi connectivity index (χ3v) is 4.17. The molecule has 1 aliphatic carbocycles. The van der Waals surface area contributed by atoms with Crippen LogP contribution in [0.3, 0.4) is 0 Å². The van der Waals surface area contributed by atoms with Crippen molar-refractivity contribution >= 4 is 5.95 Å². The SMILES string of the molecule is CN(C)c1ncc(CNCCCOC2CCCCC2)n1C. The third kappa shape index (κ3) is 5.00. The van der Waals surface area contributed by atoms with E-state index in [0.717, 1.165) is 32.1 Å². The van der Waals surface area contributed by atoms with Gasteiger partial charge in [-0.05, 0) is 25.8 Å². The first kappa shape index (κ1) is 16.3. The molecule has 0 aliphatic heterocycles. The second kappa shape index (κ2) is 8.39. The van der Waals surface area contributed by atoms with Crippen LogP contribution in [0.25, 0.3) is 0 Å². The largest absolute Gasteiger partial charge is 0.378 e. The highest BCUT2D eigenvalue weighted by molar-refractivity contribution is 5.30. The summed E-state index contributed by atoms with van der Waals surface area (Å²) in [5.41, 5.74) is 1.21. The van der Waals surface area contributed by atoms with Crippen LogP contribution in [0.5, 0.6) is 0 Å². The Labute approximate surface area is 128 Å². The fourth-order valence-electron chi connectivity index (χ4n) is 2.91. The van der Waals surface area contributed by atoms with E-state index in [1.807, 2.05) is 25.2 Å². The zero-order chi connectivity index (χ0) is 15.1. The number of nitrogens with one attached hydrogen (secondary N) is 1. The van der Waals surface area contributed by atoms with Gasteiger partial charge in [-0.3, -0.25) is 0 Å². The molecule has 1 saturated carbocycles. The Balaban J connectivity index is 1.57. The molecule has 5 heteroatoms. The van der Waals surface area contributed by atoms with E-state index in [0.29, 0.717) is 6.10 Å². The number of imidazole rings is 1. The van der Waals surface area contributed by atoms with Crippen LogP contribution in [0, 0.1) is 0 Å². The maximum absolute atomic E-state index is 5.93. The predicted octanol–water partition coefficient (Wildman–Crippen LogP) is 2.32. The molecule has 120 valence electrons. The normalized spacial score (nSPS) is 16.3. The first-order chi connectivity index (χ1) is 10.2. The van der Waals surface area contributed by atoms with Crippen LogP contribution < -0.4 is 10.2 Å². The molecular weight excluding hydrogens is 264 g/mol. The molecule has 0 spiro atoms. The summed E-state index contributed by atoms with van der Waals surface area (Å²) in [4.78, 5) is 6.44. The predicted molar refractivity (Wildman–Crippen MR) is 86.7 cm³/mol. The van der Waals surface area contributed by atoms with Crippen LogP contribution in [-0.2, 0) is 18.3 Å². The van der Waals surface area contributed by atoms with Crippen LogP contribution in [0.1, 0.15) is 44.2 Å². The lowest BCUT2D eigenvalue weighted by molar-refractivity contribution is 0.0273. The Morgan fingerprint density at radius 2 is 2.10 bits per heavy atom. The molecule has 0 radical (unpaired) electrons. The van der Waals surface area contributed by atoms with Gasteiger partial charge in [-0.2, -0.15) is 0 Å². The summed E-state index contributed by atoms with van der Waals surface area (Å²) in [6.07, 6.45) is 10.1. The first-order valence-corrected chi connectivity index (χ1v) is 8.18. The summed E-state index contributed by atoms with van der Waals surface area (Å²) in [7, 11) is 6.09. The van der Waals surface area contributed by atoms with Gasteiger partial charge in [-0.1, -0.05) is 19.3 Å². The quantitative estimate of drug-likeness (QED) is 0.747. The van der Waals surface area contributed by atoms with Gasteiger partial charge in [0.25, 0.3) is 0 Å². The lowest BCUT2D eigenvalue weighted by Gasteiger charge is -2.21. The van der Waals surface area contributed by atoms with Crippen LogP contribution in [0.15, 0.2) is 6.20 Å². The number of aromatic nitrogens is 2. The smallest absolute Gasteiger partial charge is 0.204 e. The maximum Gasteiger partial charge on any atom is 0.204 e. The average molecular weight is 294 g/mol. The molecular formula is C16H30N4O. The van der Waals surface area contributed by atoms with Gasteiger partial charge in [0.2, 0.25) is 5.95 Å². The minimum Gasteiger partial charge on any atom is -0.378 e. The maximum atomic E-state index is 5.93. The number of nitrogens with zero attached hydrogens (tertiary/aromatic N) is 3. The second-order valence-electron chi connectivity index (χ2n) is 6.16. The molecule has 0 atom stereocenters. The molecule has 5 nitrogen and oxygen atoms in total. The summed E-state index contributed by atoms with van der Waals surface area (Å²) in [6, 6.07) is 0. The molecule has 1 heterocycles. The summed E-state index contributed by atoms with van der Waals surface area (Å²) < 4.78 is 8.06. The standard InChI is InChI=1S/C16H30N4O/c1-19(2)16-18-13-14(20(16)3)12-17-10-7-11-21-15-8-5-4-6-9-15/h13,15,17H,4-12H2,1-3H3. The van der Waals surface area contributed by atoms with E-state index in [1.54, 1.807) is 0 Å². The Hall–Kier alpha value is -1.07. The van der Waals surface area contributed by atoms with Gasteiger partial charge in [-0.25, -0.2) is 4.98 Å². The fraction of sp³-hybridized carbons (Fsp3) is 0.812. The molecule has 1 N–H and O–H groups in total. The van der Waals surface area contributed by atoms with E-state index >= 15 is 0 Å². The Kier molecular flexibility index (Phi) is 6.51. The molecule has 0 bridgehead atoms. The van der Waals surface area contributed by atoms with Crippen LogP contribution >= 0.6 is 0 Å². The highest BCUT2D eigenvalue weighted by Gasteiger charge is 2.13. The van der Waals surface area contributed by atoms with Crippen molar-refractivity contribution < 1.29 is 4.74 Å². The summed E-state index contributed by atoms with van der Waals surface area (Å²) in [5, 5.41) is 3.47. The van der Waals surface area contributed by atoms with E-state index in [1.165, 1.54) is 37.8 Å². The van der Waals surface area contributed by atoms with E-state index in [9.17, 15) is 0 Å². The zero-order valence-electron chi connectivity index (χ0n) is 13.8. The van der Waals surface area contributed by atoms with Crippen LogP contribution in [0.2, 0.25) is 0 Å². The van der Waals surface area contributed by atoms with E-state index in [2.05, 4.69) is 21.9 Å². The monoisotopic (exact) mass is 294 g/mol. The third-order valence-electron chi connectivity index (χ3n) is 4.17. The Bertz CT molecular complexity index is 410. The molecule has 0 aromatic carbocycles. The van der Waals surface area contributed by atoms with Gasteiger partial charge in [-0.15, -0.1) is 0 Å². The van der Waals surface area contributed by atoms with Crippen molar-refractivity contribution in [1.29, 1.82) is 0 Å². The van der Waals surface area contributed by atoms with Gasteiger partial charge < -0.3 is 19.5 Å².